The van der Waals surface area contributed by atoms with Gasteiger partial charge in [-0.15, -0.1) is 0 Å². The van der Waals surface area contributed by atoms with E-state index in [1.807, 2.05) is 17.7 Å². The van der Waals surface area contributed by atoms with Crippen LogP contribution in [0.25, 0.3) is 10.9 Å². The third-order valence-corrected chi connectivity index (χ3v) is 3.28. The van der Waals surface area contributed by atoms with Crippen LogP contribution in [-0.4, -0.2) is 23.6 Å². The largest absolute Gasteiger partial charge is 0.355 e. The van der Waals surface area contributed by atoms with Gasteiger partial charge in [-0.2, -0.15) is 0 Å². The quantitative estimate of drug-likeness (QED) is 0.760. The molecule has 108 valence electrons. The van der Waals surface area contributed by atoms with Crippen LogP contribution >= 0.6 is 0 Å². The minimum Gasteiger partial charge on any atom is -0.355 e. The molecule has 0 bridgehead atoms. The van der Waals surface area contributed by atoms with Gasteiger partial charge in [-0.1, -0.05) is 13.0 Å². The van der Waals surface area contributed by atoms with Gasteiger partial charge in [0.25, 0.3) is 0 Å². The molecule has 1 aromatic carbocycles. The van der Waals surface area contributed by atoms with Crippen molar-refractivity contribution in [2.24, 2.45) is 0 Å². The highest BCUT2D eigenvalue weighted by atomic mass is 16.1. The van der Waals surface area contributed by atoms with E-state index in [1.54, 1.807) is 0 Å². The normalized spacial score (nSPS) is 10.9. The van der Waals surface area contributed by atoms with Gasteiger partial charge in [0.05, 0.1) is 0 Å². The lowest BCUT2D eigenvalue weighted by molar-refractivity contribution is -0.121. The second kappa shape index (κ2) is 7.10. The Morgan fingerprint density at radius 1 is 1.25 bits per heavy atom. The molecule has 4 heteroatoms. The number of benzene rings is 1. The molecule has 0 aliphatic carbocycles. The van der Waals surface area contributed by atoms with Crippen LogP contribution in [0, 0.1) is 0 Å². The molecule has 2 rings (SSSR count). The number of hydrogen-bond acceptors (Lipinski definition) is 2. The number of hydrogen-bond donors (Lipinski definition) is 2. The standard InChI is InChI=1S/C16H23N3O/c1-3-8-17-11-13-5-6-15-14(10-13)7-9-19(15)12-16(20)18-4-2/h5-7,9-10,17H,3-4,8,11-12H2,1-2H3,(H,18,20). The molecule has 1 heterocycles. The predicted molar refractivity (Wildman–Crippen MR) is 82.6 cm³/mol. The molecule has 4 nitrogen and oxygen atoms in total. The fourth-order valence-electron chi connectivity index (χ4n) is 2.31. The number of likely N-dealkylation sites (N-methyl/N-ethyl adjacent to an activating group) is 1. The van der Waals surface area contributed by atoms with Gasteiger partial charge in [0.1, 0.15) is 6.54 Å². The molecule has 0 atom stereocenters. The number of carbonyl (C=O) groups is 1. The summed E-state index contributed by atoms with van der Waals surface area (Å²) in [4.78, 5) is 11.7. The topological polar surface area (TPSA) is 46.1 Å². The first-order valence-corrected chi connectivity index (χ1v) is 7.29. The zero-order chi connectivity index (χ0) is 14.4. The molecule has 1 amide bonds. The van der Waals surface area contributed by atoms with Gasteiger partial charge in [0.15, 0.2) is 0 Å². The average molecular weight is 273 g/mol. The van der Waals surface area contributed by atoms with Gasteiger partial charge in [0.2, 0.25) is 5.91 Å². The van der Waals surface area contributed by atoms with Gasteiger partial charge in [0, 0.05) is 24.8 Å². The summed E-state index contributed by atoms with van der Waals surface area (Å²) in [5.74, 6) is 0.0543. The minimum absolute atomic E-state index is 0.0543. The molecular weight excluding hydrogens is 250 g/mol. The van der Waals surface area contributed by atoms with Gasteiger partial charge in [-0.3, -0.25) is 4.79 Å². The van der Waals surface area contributed by atoms with E-state index < -0.39 is 0 Å². The highest BCUT2D eigenvalue weighted by molar-refractivity contribution is 5.83. The lowest BCUT2D eigenvalue weighted by atomic mass is 10.1. The summed E-state index contributed by atoms with van der Waals surface area (Å²) in [6.45, 7) is 7.08. The van der Waals surface area contributed by atoms with Crippen molar-refractivity contribution >= 4 is 16.8 Å². The lowest BCUT2D eigenvalue weighted by Crippen LogP contribution is -2.26. The van der Waals surface area contributed by atoms with E-state index in [0.29, 0.717) is 13.1 Å². The molecule has 0 saturated heterocycles. The van der Waals surface area contributed by atoms with E-state index in [0.717, 1.165) is 25.0 Å². The SMILES string of the molecule is CCCNCc1ccc2c(ccn2CC(=O)NCC)c1. The first-order chi connectivity index (χ1) is 9.74. The van der Waals surface area contributed by atoms with Crippen LogP contribution in [0.1, 0.15) is 25.8 Å². The summed E-state index contributed by atoms with van der Waals surface area (Å²) in [5, 5.41) is 7.41. The van der Waals surface area contributed by atoms with Crippen LogP contribution < -0.4 is 10.6 Å². The Bertz CT molecular complexity index is 574. The van der Waals surface area contributed by atoms with Crippen LogP contribution in [0.5, 0.6) is 0 Å². The van der Waals surface area contributed by atoms with Gasteiger partial charge in [-0.25, -0.2) is 0 Å². The number of nitrogens with zero attached hydrogens (tertiary/aromatic N) is 1. The first kappa shape index (κ1) is 14.6. The Morgan fingerprint density at radius 3 is 2.85 bits per heavy atom. The Labute approximate surface area is 120 Å². The summed E-state index contributed by atoms with van der Waals surface area (Å²) in [6.07, 6.45) is 3.12. The number of amides is 1. The van der Waals surface area contributed by atoms with Crippen molar-refractivity contribution in [1.82, 2.24) is 15.2 Å². The molecule has 0 fully saturated rings. The van der Waals surface area contributed by atoms with Crippen LogP contribution in [-0.2, 0) is 17.9 Å². The van der Waals surface area contributed by atoms with Crippen molar-refractivity contribution in [2.45, 2.75) is 33.4 Å². The Hall–Kier alpha value is -1.81. The number of carbonyl (C=O) groups excluding carboxylic acids is 1. The molecule has 0 spiro atoms. The summed E-state index contributed by atoms with van der Waals surface area (Å²) in [5.41, 5.74) is 2.39. The smallest absolute Gasteiger partial charge is 0.239 e. The second-order valence-corrected chi connectivity index (χ2v) is 4.97. The second-order valence-electron chi connectivity index (χ2n) is 4.97. The number of aromatic nitrogens is 1. The third kappa shape index (κ3) is 3.61. The number of nitrogens with one attached hydrogen (secondary N) is 2. The fourth-order valence-corrected chi connectivity index (χ4v) is 2.31. The van der Waals surface area contributed by atoms with Crippen LogP contribution in [0.2, 0.25) is 0 Å². The molecular formula is C16H23N3O. The molecule has 20 heavy (non-hydrogen) atoms. The summed E-state index contributed by atoms with van der Waals surface area (Å²) < 4.78 is 1.99. The van der Waals surface area contributed by atoms with E-state index in [2.05, 4.69) is 41.8 Å². The van der Waals surface area contributed by atoms with Crippen molar-refractivity contribution < 1.29 is 4.79 Å². The maximum absolute atomic E-state index is 11.7. The fraction of sp³-hybridized carbons (Fsp3) is 0.438. The lowest BCUT2D eigenvalue weighted by Gasteiger charge is -2.07. The maximum Gasteiger partial charge on any atom is 0.239 e. The number of rotatable bonds is 7. The molecule has 0 aliphatic heterocycles. The monoisotopic (exact) mass is 273 g/mol. The van der Waals surface area contributed by atoms with Crippen LogP contribution in [0.15, 0.2) is 30.5 Å². The molecule has 2 aromatic rings. The van der Waals surface area contributed by atoms with E-state index >= 15 is 0 Å². The van der Waals surface area contributed by atoms with E-state index in [4.69, 9.17) is 0 Å². The molecule has 0 radical (unpaired) electrons. The highest BCUT2D eigenvalue weighted by Crippen LogP contribution is 2.17. The van der Waals surface area contributed by atoms with Crippen molar-refractivity contribution in [3.05, 3.63) is 36.0 Å². The van der Waals surface area contributed by atoms with E-state index in [1.165, 1.54) is 10.9 Å². The van der Waals surface area contributed by atoms with Gasteiger partial charge in [-0.05, 0) is 49.0 Å². The molecule has 0 unspecified atom stereocenters. The zero-order valence-corrected chi connectivity index (χ0v) is 12.3. The minimum atomic E-state index is 0.0543. The Kier molecular flexibility index (Phi) is 5.18. The first-order valence-electron chi connectivity index (χ1n) is 7.29. The Morgan fingerprint density at radius 2 is 2.10 bits per heavy atom. The van der Waals surface area contributed by atoms with Crippen molar-refractivity contribution in [3.63, 3.8) is 0 Å². The summed E-state index contributed by atoms with van der Waals surface area (Å²) in [6, 6.07) is 8.47. The van der Waals surface area contributed by atoms with Crippen molar-refractivity contribution in [3.8, 4) is 0 Å². The van der Waals surface area contributed by atoms with Gasteiger partial charge < -0.3 is 15.2 Å². The zero-order valence-electron chi connectivity index (χ0n) is 12.3. The van der Waals surface area contributed by atoms with Gasteiger partial charge >= 0.3 is 0 Å². The molecule has 2 N–H and O–H groups in total. The summed E-state index contributed by atoms with van der Waals surface area (Å²) in [7, 11) is 0. The predicted octanol–water partition coefficient (Wildman–Crippen LogP) is 2.28. The molecule has 0 saturated carbocycles. The summed E-state index contributed by atoms with van der Waals surface area (Å²) >= 11 is 0. The van der Waals surface area contributed by atoms with Crippen molar-refractivity contribution in [1.29, 1.82) is 0 Å². The number of fused-ring (bicyclic) bond motifs is 1. The molecule has 1 aromatic heterocycles. The van der Waals surface area contributed by atoms with Crippen LogP contribution in [0.4, 0.5) is 0 Å². The third-order valence-electron chi connectivity index (χ3n) is 3.28. The average Bonchev–Trinajstić information content (AvgIpc) is 2.82. The van der Waals surface area contributed by atoms with E-state index in [9.17, 15) is 4.79 Å². The molecule has 0 aliphatic rings. The Balaban J connectivity index is 2.10. The highest BCUT2D eigenvalue weighted by Gasteiger charge is 2.06. The maximum atomic E-state index is 11.7. The van der Waals surface area contributed by atoms with Crippen LogP contribution in [0.3, 0.4) is 0 Å². The van der Waals surface area contributed by atoms with Crippen molar-refractivity contribution in [2.75, 3.05) is 13.1 Å². The van der Waals surface area contributed by atoms with E-state index in [-0.39, 0.29) is 5.91 Å².